The van der Waals surface area contributed by atoms with Crippen LogP contribution in [0.25, 0.3) is 0 Å². The fourth-order valence-corrected chi connectivity index (χ4v) is 5.19. The number of likely N-dealkylation sites (N-methyl/N-ethyl adjacent to an activating group) is 1. The van der Waals surface area contributed by atoms with Gasteiger partial charge in [0, 0.05) is 6.54 Å². The van der Waals surface area contributed by atoms with E-state index >= 15 is 0 Å². The lowest BCUT2D eigenvalue weighted by Crippen LogP contribution is -2.85. The Kier molecular flexibility index (Phi) is 5.86. The molecule has 3 N–H and O–H groups in total. The monoisotopic (exact) mass is 388 g/mol. The number of aliphatic carboxylic acids is 1. The van der Waals surface area contributed by atoms with Gasteiger partial charge in [-0.3, -0.25) is 14.5 Å². The maximum atomic E-state index is 13.4. The van der Waals surface area contributed by atoms with Crippen LogP contribution in [-0.4, -0.2) is 53.4 Å². The van der Waals surface area contributed by atoms with Gasteiger partial charge in [-0.1, -0.05) is 49.6 Å². The van der Waals surface area contributed by atoms with Crippen LogP contribution in [0, 0.1) is 11.3 Å². The van der Waals surface area contributed by atoms with E-state index in [1.54, 1.807) is 7.05 Å². The molecule has 7 nitrogen and oxygen atoms in total. The van der Waals surface area contributed by atoms with Crippen molar-refractivity contribution < 1.29 is 24.2 Å². The molecule has 152 valence electrons. The van der Waals surface area contributed by atoms with Crippen LogP contribution in [-0.2, 0) is 25.7 Å². The van der Waals surface area contributed by atoms with E-state index in [4.69, 9.17) is 10.5 Å². The number of esters is 1. The number of carbonyl (C=O) groups excluding carboxylic acids is 2. The number of carbonyl (C=O) groups is 3. The molecular weight excluding hydrogens is 360 g/mol. The average molecular weight is 388 g/mol. The fourth-order valence-electron chi connectivity index (χ4n) is 5.19. The van der Waals surface area contributed by atoms with Crippen molar-refractivity contribution in [2.45, 2.75) is 44.2 Å². The highest BCUT2D eigenvalue weighted by Gasteiger charge is 2.77. The second kappa shape index (κ2) is 8.01. The molecule has 1 heterocycles. The van der Waals surface area contributed by atoms with Gasteiger partial charge in [-0.2, -0.15) is 0 Å². The quantitative estimate of drug-likeness (QED) is 0.539. The zero-order chi connectivity index (χ0) is 20.4. The molecule has 1 aromatic rings. The Hall–Kier alpha value is -2.25. The summed E-state index contributed by atoms with van der Waals surface area (Å²) in [6, 6.07) is 9.23. The molecule has 0 aromatic heterocycles. The number of Topliss-reactive ketones (excluding diaryl/α,β-unsaturated/α-hetero) is 1. The van der Waals surface area contributed by atoms with E-state index < -0.39 is 35.2 Å². The van der Waals surface area contributed by atoms with Crippen LogP contribution in [0.15, 0.2) is 30.3 Å². The van der Waals surface area contributed by atoms with Gasteiger partial charge < -0.3 is 15.6 Å². The van der Waals surface area contributed by atoms with Crippen molar-refractivity contribution in [2.24, 2.45) is 17.1 Å². The summed E-state index contributed by atoms with van der Waals surface area (Å²) in [4.78, 5) is 40.1. The van der Waals surface area contributed by atoms with Gasteiger partial charge in [0.25, 0.3) is 0 Å². The third kappa shape index (κ3) is 2.93. The van der Waals surface area contributed by atoms with Gasteiger partial charge in [0.05, 0.1) is 6.54 Å². The summed E-state index contributed by atoms with van der Waals surface area (Å²) in [5, 5.41) is 10.1. The summed E-state index contributed by atoms with van der Waals surface area (Å²) in [6.07, 6.45) is 4.29. The zero-order valence-corrected chi connectivity index (χ0v) is 16.2. The first-order valence-electron chi connectivity index (χ1n) is 9.80. The molecule has 1 aliphatic heterocycles. The molecule has 3 rings (SSSR count). The number of ketones is 1. The van der Waals surface area contributed by atoms with E-state index in [1.807, 2.05) is 30.3 Å². The number of carboxylic acid groups (broad SMARTS) is 1. The van der Waals surface area contributed by atoms with Gasteiger partial charge in [-0.15, -0.1) is 0 Å². The Morgan fingerprint density at radius 2 is 1.82 bits per heavy atom. The number of nitrogens with two attached hydrogens (primary N) is 1. The molecule has 2 unspecified atom stereocenters. The summed E-state index contributed by atoms with van der Waals surface area (Å²) in [6.45, 7) is -0.204. The highest BCUT2D eigenvalue weighted by molar-refractivity contribution is 6.15. The Balaban J connectivity index is 1.99. The van der Waals surface area contributed by atoms with Gasteiger partial charge in [0.2, 0.25) is 0 Å². The Labute approximate surface area is 164 Å². The number of hydrogen-bond acceptors (Lipinski definition) is 6. The molecule has 0 spiro atoms. The Morgan fingerprint density at radius 1 is 1.18 bits per heavy atom. The predicted octanol–water partition coefficient (Wildman–Crippen LogP) is 1.59. The first-order valence-corrected chi connectivity index (χ1v) is 9.80. The highest BCUT2D eigenvalue weighted by Crippen LogP contribution is 2.56. The predicted molar refractivity (Wildman–Crippen MR) is 102 cm³/mol. The molecule has 2 atom stereocenters. The van der Waals surface area contributed by atoms with Crippen molar-refractivity contribution in [3.63, 3.8) is 0 Å². The molecule has 28 heavy (non-hydrogen) atoms. The van der Waals surface area contributed by atoms with Crippen molar-refractivity contribution in [3.05, 3.63) is 35.9 Å². The minimum atomic E-state index is -1.96. The smallest absolute Gasteiger partial charge is 0.333 e. The van der Waals surface area contributed by atoms with Crippen LogP contribution in [0.2, 0.25) is 0 Å². The summed E-state index contributed by atoms with van der Waals surface area (Å²) >= 11 is 0. The van der Waals surface area contributed by atoms with Crippen molar-refractivity contribution in [2.75, 3.05) is 20.1 Å². The first kappa shape index (κ1) is 20.5. The lowest BCUT2D eigenvalue weighted by molar-refractivity contribution is -0.223. The molecule has 2 fully saturated rings. The van der Waals surface area contributed by atoms with Gasteiger partial charge in [-0.05, 0) is 31.4 Å². The Bertz CT molecular complexity index is 746. The standard InChI is InChI=1S/C21H28N2O5/c1-23-14-20(16-10-6-3-7-11-16,21(23,18(25)26)17(24)12-22)19(27)28-13-15-8-4-2-5-9-15/h2,4-5,8-9,16H,3,6-7,10-14,22H2,1H3,(H,25,26). The lowest BCUT2D eigenvalue weighted by atomic mass is 9.50. The summed E-state index contributed by atoms with van der Waals surface area (Å²) < 4.78 is 5.62. The summed E-state index contributed by atoms with van der Waals surface area (Å²) in [5.74, 6) is -2.78. The van der Waals surface area contributed by atoms with Crippen molar-refractivity contribution >= 4 is 17.7 Å². The van der Waals surface area contributed by atoms with Crippen LogP contribution in [0.3, 0.4) is 0 Å². The van der Waals surface area contributed by atoms with E-state index in [2.05, 4.69) is 0 Å². The molecule has 1 aliphatic carbocycles. The zero-order valence-electron chi connectivity index (χ0n) is 16.2. The minimum absolute atomic E-state index is 0.0460. The van der Waals surface area contributed by atoms with Crippen molar-refractivity contribution in [1.29, 1.82) is 0 Å². The van der Waals surface area contributed by atoms with Crippen molar-refractivity contribution in [3.8, 4) is 0 Å². The van der Waals surface area contributed by atoms with E-state index in [9.17, 15) is 19.5 Å². The number of rotatable bonds is 7. The fraction of sp³-hybridized carbons (Fsp3) is 0.571. The summed E-state index contributed by atoms with van der Waals surface area (Å²) in [5.41, 5.74) is 3.04. The number of hydrogen-bond donors (Lipinski definition) is 2. The van der Waals surface area contributed by atoms with Crippen LogP contribution < -0.4 is 5.73 Å². The lowest BCUT2D eigenvalue weighted by Gasteiger charge is -2.62. The second-order valence-electron chi connectivity index (χ2n) is 7.87. The molecule has 2 aliphatic rings. The number of carboxylic acids is 1. The van der Waals surface area contributed by atoms with E-state index in [0.717, 1.165) is 24.8 Å². The average Bonchev–Trinajstić information content (AvgIpc) is 2.71. The molecule has 1 aromatic carbocycles. The molecule has 7 heteroatoms. The van der Waals surface area contributed by atoms with Crippen LogP contribution in [0.5, 0.6) is 0 Å². The number of likely N-dealkylation sites (tertiary alicyclic amines) is 1. The SMILES string of the molecule is CN1CC(C(=O)OCc2ccccc2)(C2CCCCC2)C1(C(=O)O)C(=O)CN. The minimum Gasteiger partial charge on any atom is -0.479 e. The Morgan fingerprint density at radius 3 is 2.36 bits per heavy atom. The summed E-state index contributed by atoms with van der Waals surface area (Å²) in [7, 11) is 1.56. The third-order valence-electron chi connectivity index (χ3n) is 6.48. The first-order chi connectivity index (χ1) is 13.4. The van der Waals surface area contributed by atoms with Crippen LogP contribution in [0.4, 0.5) is 0 Å². The van der Waals surface area contributed by atoms with E-state index in [-0.39, 0.29) is 19.1 Å². The molecule has 0 amide bonds. The van der Waals surface area contributed by atoms with Crippen molar-refractivity contribution in [1.82, 2.24) is 4.90 Å². The van der Waals surface area contributed by atoms with E-state index in [1.165, 1.54) is 4.90 Å². The number of nitrogens with zero attached hydrogens (tertiary/aromatic N) is 1. The van der Waals surface area contributed by atoms with Gasteiger partial charge in [-0.25, -0.2) is 4.79 Å². The van der Waals surface area contributed by atoms with E-state index in [0.29, 0.717) is 12.8 Å². The molecule has 1 saturated heterocycles. The third-order valence-corrected chi connectivity index (χ3v) is 6.48. The topological polar surface area (TPSA) is 110 Å². The van der Waals surface area contributed by atoms with Crippen LogP contribution >= 0.6 is 0 Å². The normalized spacial score (nSPS) is 28.4. The molecule has 0 bridgehead atoms. The maximum absolute atomic E-state index is 13.4. The number of benzene rings is 1. The van der Waals surface area contributed by atoms with Gasteiger partial charge >= 0.3 is 11.9 Å². The molecule has 0 radical (unpaired) electrons. The molecule has 1 saturated carbocycles. The largest absolute Gasteiger partial charge is 0.479 e. The maximum Gasteiger partial charge on any atom is 0.333 e. The highest BCUT2D eigenvalue weighted by atomic mass is 16.5. The van der Waals surface area contributed by atoms with Gasteiger partial charge in [0.1, 0.15) is 12.0 Å². The van der Waals surface area contributed by atoms with Gasteiger partial charge in [0.15, 0.2) is 11.3 Å². The van der Waals surface area contributed by atoms with Crippen LogP contribution in [0.1, 0.15) is 37.7 Å². The number of ether oxygens (including phenoxy) is 1. The molecular formula is C21H28N2O5. The second-order valence-corrected chi connectivity index (χ2v) is 7.87.